The summed E-state index contributed by atoms with van der Waals surface area (Å²) in [4.78, 5) is 20.2. The van der Waals surface area contributed by atoms with Gasteiger partial charge < -0.3 is 10.1 Å². The Morgan fingerprint density at radius 1 is 1.18 bits per heavy atom. The van der Waals surface area contributed by atoms with E-state index in [1.54, 1.807) is 17.8 Å². The number of rotatable bonds is 5. The number of thiazole rings is 1. The van der Waals surface area contributed by atoms with E-state index in [0.717, 1.165) is 5.56 Å². The Hall–Kier alpha value is -2.73. The third-order valence-corrected chi connectivity index (χ3v) is 3.56. The lowest BCUT2D eigenvalue weighted by Gasteiger charge is -2.02. The first kappa shape index (κ1) is 14.2. The van der Waals surface area contributed by atoms with Crippen LogP contribution in [0.2, 0.25) is 0 Å². The van der Waals surface area contributed by atoms with Gasteiger partial charge in [0.05, 0.1) is 0 Å². The van der Waals surface area contributed by atoms with Crippen LogP contribution in [0.4, 0.5) is 0 Å². The highest BCUT2D eigenvalue weighted by Gasteiger charge is 2.11. The van der Waals surface area contributed by atoms with E-state index >= 15 is 0 Å². The predicted octanol–water partition coefficient (Wildman–Crippen LogP) is 3.26. The van der Waals surface area contributed by atoms with Crippen molar-refractivity contribution in [2.45, 2.75) is 6.54 Å². The number of benzene rings is 1. The molecule has 0 bridgehead atoms. The van der Waals surface area contributed by atoms with Crippen molar-refractivity contribution < 1.29 is 9.53 Å². The molecule has 0 spiro atoms. The summed E-state index contributed by atoms with van der Waals surface area (Å²) in [7, 11) is 0. The first-order chi connectivity index (χ1) is 10.8. The number of nitrogens with zero attached hydrogens (tertiary/aromatic N) is 2. The summed E-state index contributed by atoms with van der Waals surface area (Å²) in [5.41, 5.74) is 1.28. The lowest BCUT2D eigenvalue weighted by Crippen LogP contribution is -2.23. The molecule has 0 saturated heterocycles. The summed E-state index contributed by atoms with van der Waals surface area (Å²) in [6.07, 6.45) is 3.41. The van der Waals surface area contributed by atoms with Gasteiger partial charge in [-0.2, -0.15) is 4.98 Å². The number of aromatic nitrogens is 2. The minimum Gasteiger partial charge on any atom is -0.431 e. The largest absolute Gasteiger partial charge is 0.431 e. The second-order valence-electron chi connectivity index (χ2n) is 4.46. The molecule has 110 valence electrons. The van der Waals surface area contributed by atoms with E-state index in [9.17, 15) is 4.79 Å². The zero-order chi connectivity index (χ0) is 15.2. The zero-order valence-corrected chi connectivity index (χ0v) is 12.4. The van der Waals surface area contributed by atoms with Gasteiger partial charge in [-0.1, -0.05) is 35.6 Å². The molecule has 0 aliphatic heterocycles. The van der Waals surface area contributed by atoms with Crippen LogP contribution in [0.25, 0.3) is 0 Å². The maximum absolute atomic E-state index is 12.0. The highest BCUT2D eigenvalue weighted by Crippen LogP contribution is 2.24. The van der Waals surface area contributed by atoms with E-state index in [4.69, 9.17) is 4.74 Å². The normalized spacial score (nSPS) is 10.2. The van der Waals surface area contributed by atoms with Crippen molar-refractivity contribution in [3.8, 4) is 10.9 Å². The fraction of sp³-hybridized carbons (Fsp3) is 0.0625. The molecule has 0 radical (unpaired) electrons. The Bertz CT molecular complexity index is 744. The second-order valence-corrected chi connectivity index (χ2v) is 5.28. The molecule has 3 rings (SSSR count). The average molecular weight is 311 g/mol. The molecule has 0 unspecified atom stereocenters. The van der Waals surface area contributed by atoms with Gasteiger partial charge >= 0.3 is 0 Å². The van der Waals surface area contributed by atoms with Gasteiger partial charge in [0.25, 0.3) is 11.1 Å². The molecule has 2 heterocycles. The Labute approximate surface area is 131 Å². The molecule has 0 saturated carbocycles. The van der Waals surface area contributed by atoms with Gasteiger partial charge in [-0.05, 0) is 23.8 Å². The average Bonchev–Trinajstić information content (AvgIpc) is 3.03. The van der Waals surface area contributed by atoms with Gasteiger partial charge in [0.2, 0.25) is 0 Å². The van der Waals surface area contributed by atoms with Gasteiger partial charge in [-0.15, -0.1) is 0 Å². The number of nitrogens with one attached hydrogen (secondary N) is 1. The topological polar surface area (TPSA) is 64.1 Å². The van der Waals surface area contributed by atoms with Crippen LogP contribution in [0.1, 0.15) is 16.1 Å². The van der Waals surface area contributed by atoms with Crippen LogP contribution in [-0.4, -0.2) is 15.9 Å². The number of ether oxygens (including phenoxy) is 1. The lowest BCUT2D eigenvalue weighted by molar-refractivity contribution is 0.0946. The maximum atomic E-state index is 12.0. The second kappa shape index (κ2) is 6.82. The van der Waals surface area contributed by atoms with E-state index in [1.807, 2.05) is 42.5 Å². The maximum Gasteiger partial charge on any atom is 0.279 e. The number of carbonyl (C=O) groups excluding carboxylic acids is 1. The summed E-state index contributed by atoms with van der Waals surface area (Å²) in [5, 5.41) is 4.92. The van der Waals surface area contributed by atoms with Crippen molar-refractivity contribution in [1.29, 1.82) is 0 Å². The first-order valence-electron chi connectivity index (χ1n) is 6.67. The summed E-state index contributed by atoms with van der Waals surface area (Å²) < 4.78 is 5.59. The highest BCUT2D eigenvalue weighted by atomic mass is 32.1. The van der Waals surface area contributed by atoms with Crippen LogP contribution in [0.3, 0.4) is 0 Å². The number of hydrogen-bond acceptors (Lipinski definition) is 5. The molecule has 0 atom stereocenters. The molecule has 6 heteroatoms. The smallest absolute Gasteiger partial charge is 0.279 e. The Morgan fingerprint density at radius 3 is 2.82 bits per heavy atom. The SMILES string of the molecule is O=C(NCc1cccnc1)c1csc(Oc2ccccc2)n1. The van der Waals surface area contributed by atoms with E-state index in [0.29, 0.717) is 23.2 Å². The minimum atomic E-state index is -0.233. The van der Waals surface area contributed by atoms with Gasteiger partial charge in [0, 0.05) is 24.3 Å². The Kier molecular flexibility index (Phi) is 4.41. The minimum absolute atomic E-state index is 0.233. The molecule has 3 aromatic rings. The van der Waals surface area contributed by atoms with Crippen LogP contribution < -0.4 is 10.1 Å². The van der Waals surface area contributed by atoms with E-state index in [1.165, 1.54) is 11.3 Å². The predicted molar refractivity (Wildman–Crippen MR) is 84.0 cm³/mol. The fourth-order valence-corrected chi connectivity index (χ4v) is 2.44. The summed E-state index contributed by atoms with van der Waals surface area (Å²) in [6, 6.07) is 13.1. The van der Waals surface area contributed by atoms with Crippen molar-refractivity contribution in [2.24, 2.45) is 0 Å². The number of hydrogen-bond donors (Lipinski definition) is 1. The molecule has 0 aliphatic carbocycles. The molecule has 1 aromatic carbocycles. The van der Waals surface area contributed by atoms with Crippen molar-refractivity contribution >= 4 is 17.2 Å². The molecule has 1 amide bonds. The number of amides is 1. The fourth-order valence-electron chi connectivity index (χ4n) is 1.77. The highest BCUT2D eigenvalue weighted by molar-refractivity contribution is 7.11. The van der Waals surface area contributed by atoms with Crippen molar-refractivity contribution in [3.63, 3.8) is 0 Å². The number of para-hydroxylation sites is 1. The molecule has 1 N–H and O–H groups in total. The molecular weight excluding hydrogens is 298 g/mol. The van der Waals surface area contributed by atoms with E-state index in [2.05, 4.69) is 15.3 Å². The number of carbonyl (C=O) groups is 1. The van der Waals surface area contributed by atoms with Gasteiger partial charge in [-0.25, -0.2) is 0 Å². The number of pyridine rings is 1. The van der Waals surface area contributed by atoms with Crippen molar-refractivity contribution in [3.05, 3.63) is 71.5 Å². The third-order valence-electron chi connectivity index (χ3n) is 2.84. The van der Waals surface area contributed by atoms with Crippen LogP contribution in [0.5, 0.6) is 10.9 Å². The van der Waals surface area contributed by atoms with Crippen LogP contribution >= 0.6 is 11.3 Å². The molecule has 22 heavy (non-hydrogen) atoms. The summed E-state index contributed by atoms with van der Waals surface area (Å²) in [5.74, 6) is 0.460. The van der Waals surface area contributed by atoms with Crippen LogP contribution in [-0.2, 0) is 6.54 Å². The zero-order valence-electron chi connectivity index (χ0n) is 11.6. The van der Waals surface area contributed by atoms with Gasteiger partial charge in [0.15, 0.2) is 0 Å². The Morgan fingerprint density at radius 2 is 2.05 bits per heavy atom. The van der Waals surface area contributed by atoms with Crippen molar-refractivity contribution in [1.82, 2.24) is 15.3 Å². The van der Waals surface area contributed by atoms with Crippen LogP contribution in [0, 0.1) is 0 Å². The standard InChI is InChI=1S/C16H13N3O2S/c20-15(18-10-12-5-4-8-17-9-12)14-11-22-16(19-14)21-13-6-2-1-3-7-13/h1-9,11H,10H2,(H,18,20). The third kappa shape index (κ3) is 3.67. The van der Waals surface area contributed by atoms with Crippen LogP contribution in [0.15, 0.2) is 60.2 Å². The molecule has 0 fully saturated rings. The summed E-state index contributed by atoms with van der Waals surface area (Å²) in [6.45, 7) is 0.416. The molecule has 5 nitrogen and oxygen atoms in total. The quantitative estimate of drug-likeness (QED) is 0.785. The lowest BCUT2D eigenvalue weighted by atomic mass is 10.3. The summed E-state index contributed by atoms with van der Waals surface area (Å²) >= 11 is 1.29. The van der Waals surface area contributed by atoms with E-state index < -0.39 is 0 Å². The van der Waals surface area contributed by atoms with Gasteiger partial charge in [-0.3, -0.25) is 9.78 Å². The first-order valence-corrected chi connectivity index (χ1v) is 7.55. The van der Waals surface area contributed by atoms with E-state index in [-0.39, 0.29) is 5.91 Å². The molecular formula is C16H13N3O2S. The Balaban J connectivity index is 1.60. The van der Waals surface area contributed by atoms with Crippen molar-refractivity contribution in [2.75, 3.05) is 0 Å². The van der Waals surface area contributed by atoms with Gasteiger partial charge in [0.1, 0.15) is 11.4 Å². The molecule has 0 aliphatic rings. The monoisotopic (exact) mass is 311 g/mol. The molecule has 2 aromatic heterocycles.